The van der Waals surface area contributed by atoms with Crippen molar-refractivity contribution < 1.29 is 14.6 Å². The summed E-state index contributed by atoms with van der Waals surface area (Å²) >= 11 is 0. The number of nitrogens with two attached hydrogens (primary N) is 1. The van der Waals surface area contributed by atoms with Crippen molar-refractivity contribution in [3.8, 4) is 0 Å². The van der Waals surface area contributed by atoms with Crippen molar-refractivity contribution in [2.45, 2.75) is 31.7 Å². The highest BCUT2D eigenvalue weighted by atomic mass is 16.5. The number of aliphatic hydroxyl groups excluding tert-OH is 1. The van der Waals surface area contributed by atoms with Gasteiger partial charge in [0.15, 0.2) is 0 Å². The summed E-state index contributed by atoms with van der Waals surface area (Å²) in [5.74, 6) is -0.0388. The van der Waals surface area contributed by atoms with E-state index in [1.54, 1.807) is 0 Å². The molecule has 0 aromatic rings. The molecule has 5 nitrogen and oxygen atoms in total. The molecule has 0 aliphatic rings. The second-order valence-corrected chi connectivity index (χ2v) is 3.50. The molecule has 1 atom stereocenters. The first kappa shape index (κ1) is 14.3. The van der Waals surface area contributed by atoms with E-state index in [9.17, 15) is 4.79 Å². The van der Waals surface area contributed by atoms with Crippen molar-refractivity contribution in [2.24, 2.45) is 5.73 Å². The Morgan fingerprint density at radius 2 is 2.20 bits per heavy atom. The molecular weight excluding hydrogens is 196 g/mol. The van der Waals surface area contributed by atoms with Crippen molar-refractivity contribution in [3.63, 3.8) is 0 Å². The number of carbonyl (C=O) groups is 1. The molecule has 0 spiro atoms. The lowest BCUT2D eigenvalue weighted by Gasteiger charge is -2.14. The Morgan fingerprint density at radius 1 is 1.47 bits per heavy atom. The molecule has 1 amide bonds. The first-order valence-corrected chi connectivity index (χ1v) is 5.33. The fourth-order valence-electron chi connectivity index (χ4n) is 1.25. The molecule has 0 radical (unpaired) electrons. The van der Waals surface area contributed by atoms with Crippen molar-refractivity contribution >= 4 is 5.91 Å². The van der Waals surface area contributed by atoms with Gasteiger partial charge in [-0.2, -0.15) is 0 Å². The molecule has 0 rings (SSSR count). The van der Waals surface area contributed by atoms with Crippen LogP contribution in [0.15, 0.2) is 0 Å². The van der Waals surface area contributed by atoms with Gasteiger partial charge in [-0.05, 0) is 19.4 Å². The summed E-state index contributed by atoms with van der Waals surface area (Å²) in [7, 11) is 1.54. The zero-order chi connectivity index (χ0) is 11.5. The van der Waals surface area contributed by atoms with Crippen LogP contribution < -0.4 is 11.1 Å². The molecule has 0 aromatic heterocycles. The van der Waals surface area contributed by atoms with Crippen LogP contribution in [-0.2, 0) is 9.53 Å². The van der Waals surface area contributed by atoms with Crippen LogP contribution >= 0.6 is 0 Å². The monoisotopic (exact) mass is 218 g/mol. The molecule has 15 heavy (non-hydrogen) atoms. The number of methoxy groups -OCH3 is 1. The summed E-state index contributed by atoms with van der Waals surface area (Å²) < 4.78 is 4.85. The lowest BCUT2D eigenvalue weighted by molar-refractivity contribution is -0.122. The molecule has 4 N–H and O–H groups in total. The zero-order valence-corrected chi connectivity index (χ0v) is 9.37. The van der Waals surface area contributed by atoms with Gasteiger partial charge in [-0.25, -0.2) is 0 Å². The maximum absolute atomic E-state index is 11.3. The third-order valence-corrected chi connectivity index (χ3v) is 2.06. The van der Waals surface area contributed by atoms with E-state index >= 15 is 0 Å². The molecule has 0 aliphatic heterocycles. The number of carbonyl (C=O) groups excluding carboxylic acids is 1. The number of ether oxygens (including phenoxy) is 1. The minimum Gasteiger partial charge on any atom is -0.394 e. The fraction of sp³-hybridized carbons (Fsp3) is 0.900. The molecule has 0 fully saturated rings. The first-order valence-electron chi connectivity index (χ1n) is 5.33. The Hall–Kier alpha value is -0.650. The summed E-state index contributed by atoms with van der Waals surface area (Å²) in [4.78, 5) is 11.3. The standard InChI is InChI=1S/C10H22N2O3/c1-15-8-9(7-13)12-10(14)5-3-2-4-6-11/h9,13H,2-8,11H2,1H3,(H,12,14). The van der Waals surface area contributed by atoms with E-state index in [0.717, 1.165) is 19.3 Å². The van der Waals surface area contributed by atoms with Crippen LogP contribution in [0.2, 0.25) is 0 Å². The van der Waals surface area contributed by atoms with Gasteiger partial charge in [0, 0.05) is 13.5 Å². The fourth-order valence-corrected chi connectivity index (χ4v) is 1.25. The molecule has 0 saturated carbocycles. The molecule has 0 heterocycles. The maximum Gasteiger partial charge on any atom is 0.220 e. The number of rotatable bonds is 9. The third kappa shape index (κ3) is 8.35. The van der Waals surface area contributed by atoms with E-state index in [-0.39, 0.29) is 18.6 Å². The lowest BCUT2D eigenvalue weighted by Crippen LogP contribution is -2.40. The third-order valence-electron chi connectivity index (χ3n) is 2.06. The zero-order valence-electron chi connectivity index (χ0n) is 9.37. The van der Waals surface area contributed by atoms with Crippen LogP contribution in [-0.4, -0.2) is 43.9 Å². The summed E-state index contributed by atoms with van der Waals surface area (Å²) in [5.41, 5.74) is 5.34. The quantitative estimate of drug-likeness (QED) is 0.461. The highest BCUT2D eigenvalue weighted by Crippen LogP contribution is 1.98. The molecule has 0 aliphatic carbocycles. The maximum atomic E-state index is 11.3. The number of amides is 1. The Kier molecular flexibility index (Phi) is 9.46. The Balaban J connectivity index is 3.52. The highest BCUT2D eigenvalue weighted by molar-refractivity contribution is 5.76. The van der Waals surface area contributed by atoms with Crippen LogP contribution in [0.3, 0.4) is 0 Å². The smallest absolute Gasteiger partial charge is 0.220 e. The minimum absolute atomic E-state index is 0.0388. The topological polar surface area (TPSA) is 84.6 Å². The largest absolute Gasteiger partial charge is 0.394 e. The van der Waals surface area contributed by atoms with Gasteiger partial charge in [-0.1, -0.05) is 6.42 Å². The van der Waals surface area contributed by atoms with Crippen LogP contribution in [0.4, 0.5) is 0 Å². The van der Waals surface area contributed by atoms with Gasteiger partial charge in [0.2, 0.25) is 5.91 Å². The number of nitrogens with one attached hydrogen (secondary N) is 1. The van der Waals surface area contributed by atoms with Crippen molar-refractivity contribution in [1.82, 2.24) is 5.32 Å². The Bertz CT molecular complexity index is 165. The van der Waals surface area contributed by atoms with Crippen molar-refractivity contribution in [3.05, 3.63) is 0 Å². The van der Waals surface area contributed by atoms with E-state index in [1.807, 2.05) is 0 Å². The molecular formula is C10H22N2O3. The second-order valence-electron chi connectivity index (χ2n) is 3.50. The molecule has 90 valence electrons. The normalized spacial score (nSPS) is 12.5. The highest BCUT2D eigenvalue weighted by Gasteiger charge is 2.10. The van der Waals surface area contributed by atoms with Crippen molar-refractivity contribution in [1.29, 1.82) is 0 Å². The van der Waals surface area contributed by atoms with Crippen molar-refractivity contribution in [2.75, 3.05) is 26.9 Å². The van der Waals surface area contributed by atoms with Crippen LogP contribution in [0.5, 0.6) is 0 Å². The van der Waals surface area contributed by atoms with Gasteiger partial charge in [0.25, 0.3) is 0 Å². The first-order chi connectivity index (χ1) is 7.24. The predicted octanol–water partition coefficient (Wildman–Crippen LogP) is -0.371. The summed E-state index contributed by atoms with van der Waals surface area (Å²) in [5, 5.41) is 11.6. The van der Waals surface area contributed by atoms with Gasteiger partial charge in [-0.3, -0.25) is 4.79 Å². The Labute approximate surface area is 91.0 Å². The second kappa shape index (κ2) is 9.89. The van der Waals surface area contributed by atoms with E-state index in [4.69, 9.17) is 15.6 Å². The Morgan fingerprint density at radius 3 is 2.73 bits per heavy atom. The number of hydrogen-bond acceptors (Lipinski definition) is 4. The SMILES string of the molecule is COCC(CO)NC(=O)CCCCCN. The number of aliphatic hydroxyl groups is 1. The van der Waals surface area contributed by atoms with Gasteiger partial charge in [0.1, 0.15) is 0 Å². The van der Waals surface area contributed by atoms with Crippen LogP contribution in [0.1, 0.15) is 25.7 Å². The molecule has 1 unspecified atom stereocenters. The van der Waals surface area contributed by atoms with E-state index in [0.29, 0.717) is 19.6 Å². The molecule has 5 heteroatoms. The summed E-state index contributed by atoms with van der Waals surface area (Å²) in [6, 6.07) is -0.294. The van der Waals surface area contributed by atoms with E-state index in [1.165, 1.54) is 7.11 Å². The summed E-state index contributed by atoms with van der Waals surface area (Å²) in [6.07, 6.45) is 3.25. The van der Waals surface area contributed by atoms with Gasteiger partial charge < -0.3 is 20.9 Å². The van der Waals surface area contributed by atoms with E-state index < -0.39 is 0 Å². The predicted molar refractivity (Wildman–Crippen MR) is 58.4 cm³/mol. The van der Waals surface area contributed by atoms with E-state index in [2.05, 4.69) is 5.32 Å². The summed E-state index contributed by atoms with van der Waals surface area (Å²) in [6.45, 7) is 0.915. The van der Waals surface area contributed by atoms with Gasteiger partial charge in [-0.15, -0.1) is 0 Å². The molecule has 0 bridgehead atoms. The lowest BCUT2D eigenvalue weighted by atomic mass is 10.2. The number of unbranched alkanes of at least 4 members (excludes halogenated alkanes) is 2. The minimum atomic E-state index is -0.294. The average molecular weight is 218 g/mol. The molecule has 0 aromatic carbocycles. The van der Waals surface area contributed by atoms with Gasteiger partial charge >= 0.3 is 0 Å². The average Bonchev–Trinajstić information content (AvgIpc) is 2.24. The van der Waals surface area contributed by atoms with Crippen LogP contribution in [0, 0.1) is 0 Å². The van der Waals surface area contributed by atoms with Gasteiger partial charge in [0.05, 0.1) is 19.3 Å². The van der Waals surface area contributed by atoms with Crippen LogP contribution in [0.25, 0.3) is 0 Å². The number of hydrogen-bond donors (Lipinski definition) is 3. The molecule has 0 saturated heterocycles.